The lowest BCUT2D eigenvalue weighted by Crippen LogP contribution is -2.41. The Kier molecular flexibility index (Phi) is 6.72. The molecule has 0 radical (unpaired) electrons. The molecule has 1 aromatic rings. The molecule has 22 heavy (non-hydrogen) atoms. The maximum absolute atomic E-state index is 12.2. The summed E-state index contributed by atoms with van der Waals surface area (Å²) in [5.74, 6) is 1.10. The van der Waals surface area contributed by atoms with Gasteiger partial charge in [-0.2, -0.15) is 0 Å². The lowest BCUT2D eigenvalue weighted by atomic mass is 10.1. The average molecular weight is 305 g/mol. The summed E-state index contributed by atoms with van der Waals surface area (Å²) in [6, 6.07) is 9.72. The second-order valence-electron chi connectivity index (χ2n) is 6.03. The van der Waals surface area contributed by atoms with Gasteiger partial charge >= 0.3 is 0 Å². The first-order chi connectivity index (χ1) is 10.6. The number of ether oxygens (including phenoxy) is 2. The molecule has 1 aromatic carbocycles. The zero-order chi connectivity index (χ0) is 15.8. The van der Waals surface area contributed by atoms with Crippen molar-refractivity contribution >= 4 is 5.91 Å². The number of nitrogens with zero attached hydrogens (tertiary/aromatic N) is 1. The van der Waals surface area contributed by atoms with Crippen LogP contribution in [0.5, 0.6) is 5.75 Å². The molecule has 0 atom stereocenters. The van der Waals surface area contributed by atoms with Crippen molar-refractivity contribution in [2.24, 2.45) is 0 Å². The van der Waals surface area contributed by atoms with E-state index in [0.717, 1.165) is 38.1 Å². The Morgan fingerprint density at radius 2 is 1.91 bits per heavy atom. The van der Waals surface area contributed by atoms with E-state index in [2.05, 4.69) is 13.8 Å². The van der Waals surface area contributed by atoms with E-state index in [4.69, 9.17) is 9.47 Å². The fraction of sp³-hybridized carbons (Fsp3) is 0.611. The lowest BCUT2D eigenvalue weighted by Gasteiger charge is -2.33. The topological polar surface area (TPSA) is 38.8 Å². The molecule has 4 nitrogen and oxygen atoms in total. The number of rotatable bonds is 7. The molecule has 1 fully saturated rings. The Morgan fingerprint density at radius 1 is 1.23 bits per heavy atom. The van der Waals surface area contributed by atoms with E-state index in [1.54, 1.807) is 0 Å². The highest BCUT2D eigenvalue weighted by Crippen LogP contribution is 2.16. The molecule has 0 aliphatic carbocycles. The minimum Gasteiger partial charge on any atom is -0.494 e. The number of likely N-dealkylation sites (tertiary alicyclic amines) is 1. The first-order valence-electron chi connectivity index (χ1n) is 8.26. The van der Waals surface area contributed by atoms with Crippen LogP contribution in [0.1, 0.15) is 39.5 Å². The summed E-state index contributed by atoms with van der Waals surface area (Å²) >= 11 is 0. The van der Waals surface area contributed by atoms with Crippen molar-refractivity contribution in [3.05, 3.63) is 30.3 Å². The summed E-state index contributed by atoms with van der Waals surface area (Å²) in [5.41, 5.74) is 0. The Balaban J connectivity index is 1.60. The van der Waals surface area contributed by atoms with Gasteiger partial charge in [-0.3, -0.25) is 4.79 Å². The average Bonchev–Trinajstić information content (AvgIpc) is 2.52. The van der Waals surface area contributed by atoms with Gasteiger partial charge in [-0.05, 0) is 45.2 Å². The summed E-state index contributed by atoms with van der Waals surface area (Å²) in [5, 5.41) is 0. The summed E-state index contributed by atoms with van der Waals surface area (Å²) < 4.78 is 11.4. The molecule has 0 saturated carbocycles. The van der Waals surface area contributed by atoms with E-state index < -0.39 is 0 Å². The molecule has 1 amide bonds. The number of hydrogen-bond donors (Lipinski definition) is 0. The number of piperidine rings is 1. The second-order valence-corrected chi connectivity index (χ2v) is 6.03. The van der Waals surface area contributed by atoms with Crippen LogP contribution in [0.15, 0.2) is 30.3 Å². The van der Waals surface area contributed by atoms with Crippen LogP contribution in [0.2, 0.25) is 0 Å². The van der Waals surface area contributed by atoms with E-state index in [1.807, 2.05) is 35.2 Å². The first-order valence-corrected chi connectivity index (χ1v) is 8.26. The fourth-order valence-corrected chi connectivity index (χ4v) is 2.71. The summed E-state index contributed by atoms with van der Waals surface area (Å²) in [7, 11) is 0. The third-order valence-electron chi connectivity index (χ3n) is 3.81. The van der Waals surface area contributed by atoms with Crippen LogP contribution in [0.25, 0.3) is 0 Å². The highest BCUT2D eigenvalue weighted by Gasteiger charge is 2.23. The van der Waals surface area contributed by atoms with E-state index in [9.17, 15) is 4.79 Å². The van der Waals surface area contributed by atoms with Crippen LogP contribution in [0.3, 0.4) is 0 Å². The van der Waals surface area contributed by atoms with E-state index in [0.29, 0.717) is 19.1 Å². The Labute approximate surface area is 133 Å². The van der Waals surface area contributed by atoms with Gasteiger partial charge in [0.05, 0.1) is 18.8 Å². The zero-order valence-electron chi connectivity index (χ0n) is 13.7. The molecule has 2 rings (SSSR count). The number of hydrogen-bond acceptors (Lipinski definition) is 3. The summed E-state index contributed by atoms with van der Waals surface area (Å²) in [6.45, 7) is 6.34. The number of amides is 1. The smallest absolute Gasteiger partial charge is 0.222 e. The first kappa shape index (κ1) is 16.8. The highest BCUT2D eigenvalue weighted by atomic mass is 16.5. The lowest BCUT2D eigenvalue weighted by molar-refractivity contribution is -0.134. The molecule has 1 saturated heterocycles. The van der Waals surface area contributed by atoms with Crippen molar-refractivity contribution in [2.75, 3.05) is 19.7 Å². The van der Waals surface area contributed by atoms with Gasteiger partial charge in [-0.15, -0.1) is 0 Å². The van der Waals surface area contributed by atoms with E-state index in [1.165, 1.54) is 0 Å². The van der Waals surface area contributed by atoms with Crippen molar-refractivity contribution in [1.29, 1.82) is 0 Å². The van der Waals surface area contributed by atoms with Gasteiger partial charge in [-0.1, -0.05) is 18.2 Å². The van der Waals surface area contributed by atoms with Gasteiger partial charge in [0, 0.05) is 19.5 Å². The third kappa shape index (κ3) is 5.68. The van der Waals surface area contributed by atoms with E-state index >= 15 is 0 Å². The van der Waals surface area contributed by atoms with Crippen LogP contribution in [-0.2, 0) is 9.53 Å². The molecule has 0 unspecified atom stereocenters. The second kappa shape index (κ2) is 8.79. The normalized spacial score (nSPS) is 16.0. The van der Waals surface area contributed by atoms with Crippen LogP contribution >= 0.6 is 0 Å². The molecule has 122 valence electrons. The third-order valence-corrected chi connectivity index (χ3v) is 3.81. The predicted octanol–water partition coefficient (Wildman–Crippen LogP) is 3.26. The number of carbonyl (C=O) groups is 1. The van der Waals surface area contributed by atoms with Gasteiger partial charge in [-0.25, -0.2) is 0 Å². The standard InChI is InChI=1S/C18H27NO3/c1-15(2)22-17-10-12-19(13-11-17)18(20)9-6-14-21-16-7-4-3-5-8-16/h3-5,7-8,15,17H,6,9-14H2,1-2H3. The van der Waals surface area contributed by atoms with Crippen LogP contribution in [0.4, 0.5) is 0 Å². The van der Waals surface area contributed by atoms with Crippen molar-refractivity contribution in [1.82, 2.24) is 4.90 Å². The molecule has 0 bridgehead atoms. The Hall–Kier alpha value is -1.55. The van der Waals surface area contributed by atoms with Crippen LogP contribution < -0.4 is 4.74 Å². The molecular formula is C18H27NO3. The Morgan fingerprint density at radius 3 is 2.55 bits per heavy atom. The van der Waals surface area contributed by atoms with Gasteiger partial charge < -0.3 is 14.4 Å². The molecule has 0 aromatic heterocycles. The quantitative estimate of drug-likeness (QED) is 0.726. The molecule has 0 spiro atoms. The van der Waals surface area contributed by atoms with Crippen molar-refractivity contribution in [3.63, 3.8) is 0 Å². The number of carbonyl (C=O) groups excluding carboxylic acids is 1. The molecule has 1 aliphatic rings. The zero-order valence-corrected chi connectivity index (χ0v) is 13.7. The highest BCUT2D eigenvalue weighted by molar-refractivity contribution is 5.76. The minimum atomic E-state index is 0.236. The van der Waals surface area contributed by atoms with Gasteiger partial charge in [0.1, 0.15) is 5.75 Å². The van der Waals surface area contributed by atoms with Gasteiger partial charge in [0.25, 0.3) is 0 Å². The molecule has 1 aliphatic heterocycles. The largest absolute Gasteiger partial charge is 0.494 e. The van der Waals surface area contributed by atoms with Crippen molar-refractivity contribution in [2.45, 2.75) is 51.7 Å². The maximum atomic E-state index is 12.2. The number of para-hydroxylation sites is 1. The van der Waals surface area contributed by atoms with Crippen LogP contribution in [-0.4, -0.2) is 42.7 Å². The fourth-order valence-electron chi connectivity index (χ4n) is 2.71. The van der Waals surface area contributed by atoms with E-state index in [-0.39, 0.29) is 12.0 Å². The minimum absolute atomic E-state index is 0.236. The molecule has 4 heteroatoms. The van der Waals surface area contributed by atoms with Crippen LogP contribution in [0, 0.1) is 0 Å². The number of benzene rings is 1. The SMILES string of the molecule is CC(C)OC1CCN(C(=O)CCCOc2ccccc2)CC1. The summed E-state index contributed by atoms with van der Waals surface area (Å²) in [4.78, 5) is 14.1. The maximum Gasteiger partial charge on any atom is 0.222 e. The molecule has 0 N–H and O–H groups in total. The molecule has 1 heterocycles. The van der Waals surface area contributed by atoms with Crippen molar-refractivity contribution < 1.29 is 14.3 Å². The Bertz CT molecular complexity index is 439. The molecular weight excluding hydrogens is 278 g/mol. The van der Waals surface area contributed by atoms with Crippen molar-refractivity contribution in [3.8, 4) is 5.75 Å². The summed E-state index contributed by atoms with van der Waals surface area (Å²) in [6.07, 6.45) is 3.79. The van der Waals surface area contributed by atoms with Gasteiger partial charge in [0.2, 0.25) is 5.91 Å². The monoisotopic (exact) mass is 305 g/mol. The van der Waals surface area contributed by atoms with Gasteiger partial charge in [0.15, 0.2) is 0 Å². The predicted molar refractivity (Wildman–Crippen MR) is 87.0 cm³/mol.